The Morgan fingerprint density at radius 3 is 2.19 bits per heavy atom. The third-order valence-electron chi connectivity index (χ3n) is 12.9. The van der Waals surface area contributed by atoms with E-state index in [-0.39, 0.29) is 43.4 Å². The van der Waals surface area contributed by atoms with Crippen molar-refractivity contribution >= 4 is 23.4 Å². The number of allylic oxidation sites excluding steroid dienone is 3. The van der Waals surface area contributed by atoms with E-state index in [4.69, 9.17) is 23.7 Å². The molecule has 1 amide bonds. The van der Waals surface area contributed by atoms with E-state index >= 15 is 0 Å². The lowest BCUT2D eigenvalue weighted by molar-refractivity contribution is -0.302. The zero-order chi connectivity index (χ0) is 42.2. The quantitative estimate of drug-likeness (QED) is 0.193. The summed E-state index contributed by atoms with van der Waals surface area (Å²) in [7, 11) is 4.58. The number of hydrogen-bond donors (Lipinski definition) is 3. The van der Waals surface area contributed by atoms with E-state index in [9.17, 15) is 34.5 Å². The zero-order valence-electron chi connectivity index (χ0n) is 35.4. The Balaban J connectivity index is 1.78. The Morgan fingerprint density at radius 1 is 0.877 bits per heavy atom. The minimum absolute atomic E-state index is 0.0107. The number of ether oxygens (including phenoxy) is 5. The highest BCUT2D eigenvalue weighted by Crippen LogP contribution is 2.39. The number of hydrogen-bond acceptors (Lipinski definition) is 12. The van der Waals surface area contributed by atoms with Crippen LogP contribution in [0.2, 0.25) is 0 Å². The molecule has 1 aliphatic carbocycles. The van der Waals surface area contributed by atoms with Crippen molar-refractivity contribution in [1.29, 1.82) is 0 Å². The summed E-state index contributed by atoms with van der Waals surface area (Å²) in [6.07, 6.45) is 4.67. The van der Waals surface area contributed by atoms with Crippen LogP contribution < -0.4 is 0 Å². The topological polar surface area (TPSA) is 178 Å². The average Bonchev–Trinajstić information content (AvgIpc) is 3.18. The van der Waals surface area contributed by atoms with Crippen LogP contribution in [0.3, 0.4) is 0 Å². The minimum atomic E-state index is -2.51. The monoisotopic (exact) mass is 803 g/mol. The van der Waals surface area contributed by atoms with Gasteiger partial charge >= 0.3 is 5.97 Å². The van der Waals surface area contributed by atoms with Crippen molar-refractivity contribution in [3.05, 3.63) is 36.0 Å². The van der Waals surface area contributed by atoms with E-state index in [1.165, 1.54) is 26.2 Å². The van der Waals surface area contributed by atoms with Crippen LogP contribution in [-0.4, -0.2) is 126 Å². The van der Waals surface area contributed by atoms with Crippen LogP contribution in [0.15, 0.2) is 36.0 Å². The van der Waals surface area contributed by atoms with Gasteiger partial charge in [0.1, 0.15) is 24.0 Å². The molecule has 322 valence electrons. The molecular formula is C44H69NO12. The number of Topliss-reactive ketones (excluding diaryl/α,β-unsaturated/α-hetero) is 2. The summed E-state index contributed by atoms with van der Waals surface area (Å²) >= 11 is 0. The summed E-state index contributed by atoms with van der Waals surface area (Å²) in [5, 5.41) is 34.0. The molecule has 0 spiro atoms. The molecule has 3 N–H and O–H groups in total. The molecule has 4 rings (SSSR count). The van der Waals surface area contributed by atoms with Gasteiger partial charge < -0.3 is 43.9 Å². The predicted molar refractivity (Wildman–Crippen MR) is 213 cm³/mol. The number of ketones is 2. The van der Waals surface area contributed by atoms with Gasteiger partial charge in [-0.15, -0.1) is 6.58 Å². The number of esters is 1. The third-order valence-corrected chi connectivity index (χ3v) is 12.9. The smallest absolute Gasteiger partial charge is 0.329 e. The molecular weight excluding hydrogens is 734 g/mol. The average molecular weight is 804 g/mol. The number of nitrogens with zero attached hydrogens (tertiary/aromatic N) is 1. The second kappa shape index (κ2) is 21.0. The van der Waals surface area contributed by atoms with Gasteiger partial charge in [-0.1, -0.05) is 44.6 Å². The summed E-state index contributed by atoms with van der Waals surface area (Å²) in [5.74, 6) is -7.58. The van der Waals surface area contributed by atoms with Gasteiger partial charge in [0.25, 0.3) is 11.7 Å². The predicted octanol–water partition coefficient (Wildman–Crippen LogP) is 4.64. The number of aliphatic hydroxyl groups excluding tert-OH is 2. The van der Waals surface area contributed by atoms with E-state index in [2.05, 4.69) is 6.58 Å². The highest BCUT2D eigenvalue weighted by atomic mass is 16.7. The zero-order valence-corrected chi connectivity index (χ0v) is 35.4. The van der Waals surface area contributed by atoms with Crippen LogP contribution in [0.1, 0.15) is 105 Å². The van der Waals surface area contributed by atoms with Crippen LogP contribution in [0.25, 0.3) is 0 Å². The van der Waals surface area contributed by atoms with Gasteiger partial charge in [0.15, 0.2) is 0 Å². The summed E-state index contributed by atoms with van der Waals surface area (Å²) < 4.78 is 29.9. The second-order valence-electron chi connectivity index (χ2n) is 17.3. The third kappa shape index (κ3) is 11.3. The first-order chi connectivity index (χ1) is 27.0. The fourth-order valence-corrected chi connectivity index (χ4v) is 9.45. The van der Waals surface area contributed by atoms with Crippen molar-refractivity contribution in [2.75, 3.05) is 27.9 Å². The Hall–Kier alpha value is -2.78. The summed E-state index contributed by atoms with van der Waals surface area (Å²) in [6, 6.07) is -1.10. The number of carbonyl (C=O) groups is 4. The van der Waals surface area contributed by atoms with E-state index in [0.717, 1.165) is 5.57 Å². The lowest BCUT2D eigenvalue weighted by Crippen LogP contribution is -2.64. The van der Waals surface area contributed by atoms with Gasteiger partial charge in [-0.3, -0.25) is 14.4 Å². The first-order valence-electron chi connectivity index (χ1n) is 20.9. The molecule has 1 saturated carbocycles. The first kappa shape index (κ1) is 46.9. The van der Waals surface area contributed by atoms with Crippen LogP contribution in [0.4, 0.5) is 0 Å². The van der Waals surface area contributed by atoms with E-state index in [1.807, 2.05) is 39.8 Å². The maximum atomic E-state index is 14.3. The molecule has 0 aromatic carbocycles. The van der Waals surface area contributed by atoms with E-state index < -0.39 is 90.0 Å². The molecule has 2 saturated heterocycles. The Labute approximate surface area is 339 Å². The Bertz CT molecular complexity index is 1480. The molecule has 13 nitrogen and oxygen atoms in total. The van der Waals surface area contributed by atoms with E-state index in [1.54, 1.807) is 13.0 Å². The van der Waals surface area contributed by atoms with E-state index in [0.29, 0.717) is 56.9 Å². The lowest BCUT2D eigenvalue weighted by Gasteiger charge is -2.47. The number of fused-ring (bicyclic) bond motifs is 3. The molecule has 3 aliphatic heterocycles. The van der Waals surface area contributed by atoms with Gasteiger partial charge in [-0.2, -0.15) is 0 Å². The number of methoxy groups -OCH3 is 3. The number of amides is 1. The number of rotatable bonds is 6. The van der Waals surface area contributed by atoms with Gasteiger partial charge in [-0.05, 0) is 89.5 Å². The van der Waals surface area contributed by atoms with Crippen LogP contribution in [0.5, 0.6) is 0 Å². The van der Waals surface area contributed by atoms with Gasteiger partial charge in [0, 0.05) is 58.0 Å². The Morgan fingerprint density at radius 2 is 1.54 bits per heavy atom. The fraction of sp³-hybridized carbons (Fsp3) is 0.773. The van der Waals surface area contributed by atoms with Crippen molar-refractivity contribution < 1.29 is 58.2 Å². The highest BCUT2D eigenvalue weighted by Gasteiger charge is 2.56. The summed E-state index contributed by atoms with van der Waals surface area (Å²) in [4.78, 5) is 57.7. The molecule has 57 heavy (non-hydrogen) atoms. The molecule has 14 atom stereocenters. The van der Waals surface area contributed by atoms with Crippen LogP contribution >= 0.6 is 0 Å². The standard InChI is InChI=1S/C44H69NO12/c1-10-13-30-19-25(2)18-26(3)20-37(54-8)40-38(55-9)22-29(6)44(52,57-40)41(49)42(50)45-17-12-11-14-32(45)43(51)56-39(31-15-16-33(46)36(23-31)53-7)28(5)21-27(4)34(47)24-35(30)48/h10,19,21,26-27,29-34,36-40,46-47,52H,1,11-18,20,22-24H2,2-9H3/b25-19-,28-21-/t26-,27-,29+,30+,31+,32-,33+,34-,36+,37-,38-,39+,40+,44+/m0/s1. The highest BCUT2D eigenvalue weighted by molar-refractivity contribution is 6.39. The molecule has 0 aromatic rings. The van der Waals surface area contributed by atoms with Crippen molar-refractivity contribution in [1.82, 2.24) is 4.90 Å². The molecule has 0 unspecified atom stereocenters. The number of aliphatic hydroxyl groups is 3. The minimum Gasteiger partial charge on any atom is -0.456 e. The van der Waals surface area contributed by atoms with Crippen LogP contribution in [-0.2, 0) is 42.9 Å². The van der Waals surface area contributed by atoms with Crippen molar-refractivity contribution in [2.24, 2.45) is 29.6 Å². The maximum Gasteiger partial charge on any atom is 0.329 e. The summed E-state index contributed by atoms with van der Waals surface area (Å²) in [5.41, 5.74) is 1.62. The summed E-state index contributed by atoms with van der Waals surface area (Å²) in [6.45, 7) is 13.2. The van der Waals surface area contributed by atoms with Crippen molar-refractivity contribution in [3.63, 3.8) is 0 Å². The largest absolute Gasteiger partial charge is 0.456 e. The molecule has 3 fully saturated rings. The normalized spacial score (nSPS) is 41.9. The van der Waals surface area contributed by atoms with Gasteiger partial charge in [-0.25, -0.2) is 4.79 Å². The molecule has 0 aromatic heterocycles. The lowest BCUT2D eigenvalue weighted by atomic mass is 9.79. The first-order valence-corrected chi connectivity index (χ1v) is 20.9. The van der Waals surface area contributed by atoms with Gasteiger partial charge in [0.05, 0.1) is 30.5 Å². The van der Waals surface area contributed by atoms with Gasteiger partial charge in [0.2, 0.25) is 5.79 Å². The molecule has 4 aliphatic rings. The molecule has 2 bridgehead atoms. The Kier molecular flexibility index (Phi) is 17.2. The maximum absolute atomic E-state index is 14.3. The SMILES string of the molecule is C=CC[C@@H]1/C=C(/C)C[C@H](C)C[C@H](OC)[C@H]2O[C@@](O)(C(=O)C(=O)N3CCCC[C@H]3C(=O)O[C@@H]([C@@H]3CC[C@@H](O)[C@H](OC)C3)/C(C)=C\[C@H](C)[C@@H](O)CC1=O)[C@H](C)C[C@@H]2OC. The van der Waals surface area contributed by atoms with Crippen molar-refractivity contribution in [2.45, 2.75) is 160 Å². The molecule has 3 heterocycles. The van der Waals surface area contributed by atoms with Crippen LogP contribution in [0, 0.1) is 29.6 Å². The fourth-order valence-electron chi connectivity index (χ4n) is 9.45. The second-order valence-corrected chi connectivity index (χ2v) is 17.3. The van der Waals surface area contributed by atoms with Crippen molar-refractivity contribution in [3.8, 4) is 0 Å². The number of carbonyl (C=O) groups excluding carboxylic acids is 4. The number of piperidine rings is 1. The molecule has 13 heteroatoms. The molecule has 0 radical (unpaired) electrons. The number of cyclic esters (lactones) is 1.